The lowest BCUT2D eigenvalue weighted by Gasteiger charge is -2.16. The third kappa shape index (κ3) is 2.20. The highest BCUT2D eigenvalue weighted by Gasteiger charge is 2.18. The van der Waals surface area contributed by atoms with Crippen LogP contribution in [0.25, 0.3) is 0 Å². The lowest BCUT2D eigenvalue weighted by molar-refractivity contribution is 0.167. The molecule has 0 aromatic heterocycles. The second-order valence-electron chi connectivity index (χ2n) is 3.16. The van der Waals surface area contributed by atoms with E-state index in [4.69, 9.17) is 11.6 Å². The second-order valence-corrected chi connectivity index (χ2v) is 3.57. The average molecular weight is 203 g/mol. The largest absolute Gasteiger partial charge is 0.393 e. The third-order valence-corrected chi connectivity index (χ3v) is 2.51. The molecule has 3 heteroatoms. The molecule has 0 fully saturated rings. The Morgan fingerprint density at radius 3 is 2.46 bits per heavy atom. The van der Waals surface area contributed by atoms with Crippen molar-refractivity contribution in [2.75, 3.05) is 0 Å². The van der Waals surface area contributed by atoms with Gasteiger partial charge < -0.3 is 5.11 Å². The molecular weight excluding hydrogens is 191 g/mol. The maximum absolute atomic E-state index is 13.3. The van der Waals surface area contributed by atoms with Crippen LogP contribution >= 0.6 is 11.6 Å². The SMILES string of the molecule is CC(O)C(C)c1c(F)cccc1Cl. The summed E-state index contributed by atoms with van der Waals surface area (Å²) in [5.74, 6) is -0.644. The summed E-state index contributed by atoms with van der Waals surface area (Å²) in [6, 6.07) is 4.52. The zero-order valence-corrected chi connectivity index (χ0v) is 8.35. The standard InChI is InChI=1S/C10H12ClFO/c1-6(7(2)13)10-8(11)4-3-5-9(10)12/h3-7,13H,1-2H3. The van der Waals surface area contributed by atoms with Gasteiger partial charge in [0.25, 0.3) is 0 Å². The fourth-order valence-electron chi connectivity index (χ4n) is 1.19. The predicted molar refractivity (Wildman–Crippen MR) is 51.5 cm³/mol. The van der Waals surface area contributed by atoms with E-state index in [1.165, 1.54) is 6.07 Å². The molecule has 0 radical (unpaired) electrons. The van der Waals surface area contributed by atoms with Crippen molar-refractivity contribution < 1.29 is 9.50 Å². The Bertz CT molecular complexity index is 279. The van der Waals surface area contributed by atoms with Crippen molar-refractivity contribution in [3.8, 4) is 0 Å². The van der Waals surface area contributed by atoms with E-state index < -0.39 is 6.10 Å². The summed E-state index contributed by atoms with van der Waals surface area (Å²) in [6.07, 6.45) is -0.602. The lowest BCUT2D eigenvalue weighted by atomic mass is 9.96. The Morgan fingerprint density at radius 2 is 2.00 bits per heavy atom. The molecule has 1 nitrogen and oxygen atoms in total. The Balaban J connectivity index is 3.12. The molecule has 0 aliphatic carbocycles. The number of rotatable bonds is 2. The highest BCUT2D eigenvalue weighted by Crippen LogP contribution is 2.29. The van der Waals surface area contributed by atoms with Crippen molar-refractivity contribution in [1.29, 1.82) is 0 Å². The monoisotopic (exact) mass is 202 g/mol. The summed E-state index contributed by atoms with van der Waals surface area (Å²) in [5.41, 5.74) is 0.388. The van der Waals surface area contributed by atoms with Crippen LogP contribution in [0.1, 0.15) is 25.3 Å². The molecule has 1 rings (SSSR count). The minimum absolute atomic E-state index is 0.284. The number of aliphatic hydroxyl groups excluding tert-OH is 1. The molecule has 1 aromatic carbocycles. The first kappa shape index (κ1) is 10.5. The topological polar surface area (TPSA) is 20.2 Å². The van der Waals surface area contributed by atoms with Crippen LogP contribution in [0.2, 0.25) is 5.02 Å². The maximum atomic E-state index is 13.3. The Morgan fingerprint density at radius 1 is 1.38 bits per heavy atom. The predicted octanol–water partition coefficient (Wildman–Crippen LogP) is 2.96. The van der Waals surface area contributed by atoms with Crippen molar-refractivity contribution in [3.05, 3.63) is 34.6 Å². The fourth-order valence-corrected chi connectivity index (χ4v) is 1.52. The van der Waals surface area contributed by atoms with Crippen LogP contribution < -0.4 is 0 Å². The molecule has 0 saturated heterocycles. The number of benzene rings is 1. The summed E-state index contributed by atoms with van der Waals surface area (Å²) in [5, 5.41) is 9.67. The van der Waals surface area contributed by atoms with Gasteiger partial charge in [0, 0.05) is 16.5 Å². The molecule has 0 saturated carbocycles. The first-order valence-corrected chi connectivity index (χ1v) is 4.53. The van der Waals surface area contributed by atoms with Gasteiger partial charge in [-0.2, -0.15) is 0 Å². The fraction of sp³-hybridized carbons (Fsp3) is 0.400. The van der Waals surface area contributed by atoms with Crippen LogP contribution in [-0.4, -0.2) is 11.2 Å². The van der Waals surface area contributed by atoms with Gasteiger partial charge >= 0.3 is 0 Å². The minimum atomic E-state index is -0.602. The van der Waals surface area contributed by atoms with Crippen molar-refractivity contribution in [2.24, 2.45) is 0 Å². The van der Waals surface area contributed by atoms with Crippen LogP contribution in [0.15, 0.2) is 18.2 Å². The summed E-state index contributed by atoms with van der Waals surface area (Å²) >= 11 is 5.82. The second kappa shape index (κ2) is 4.07. The smallest absolute Gasteiger partial charge is 0.128 e. The van der Waals surface area contributed by atoms with Crippen LogP contribution in [-0.2, 0) is 0 Å². The molecule has 72 valence electrons. The number of hydrogen-bond donors (Lipinski definition) is 1. The van der Waals surface area contributed by atoms with E-state index in [0.717, 1.165) is 0 Å². The lowest BCUT2D eigenvalue weighted by Crippen LogP contribution is -2.13. The van der Waals surface area contributed by atoms with Crippen molar-refractivity contribution in [2.45, 2.75) is 25.9 Å². The summed E-state index contributed by atoms with van der Waals surface area (Å²) in [7, 11) is 0. The van der Waals surface area contributed by atoms with E-state index in [1.807, 2.05) is 0 Å². The number of halogens is 2. The van der Waals surface area contributed by atoms with Crippen LogP contribution in [0.4, 0.5) is 4.39 Å². The van der Waals surface area contributed by atoms with E-state index in [1.54, 1.807) is 26.0 Å². The Hall–Kier alpha value is -0.600. The molecule has 0 aliphatic heterocycles. The highest BCUT2D eigenvalue weighted by molar-refractivity contribution is 6.31. The van der Waals surface area contributed by atoms with Crippen molar-refractivity contribution in [3.63, 3.8) is 0 Å². The van der Waals surface area contributed by atoms with E-state index in [0.29, 0.717) is 10.6 Å². The highest BCUT2D eigenvalue weighted by atomic mass is 35.5. The maximum Gasteiger partial charge on any atom is 0.128 e. The van der Waals surface area contributed by atoms with Gasteiger partial charge in [-0.1, -0.05) is 24.6 Å². The molecule has 0 aliphatic rings. The first-order valence-electron chi connectivity index (χ1n) is 4.16. The van der Waals surface area contributed by atoms with Gasteiger partial charge in [0.05, 0.1) is 6.10 Å². The van der Waals surface area contributed by atoms with Gasteiger partial charge in [-0.3, -0.25) is 0 Å². The quantitative estimate of drug-likeness (QED) is 0.782. The van der Waals surface area contributed by atoms with Gasteiger partial charge in [0.15, 0.2) is 0 Å². The molecule has 2 unspecified atom stereocenters. The molecular formula is C10H12ClFO. The molecule has 0 amide bonds. The zero-order chi connectivity index (χ0) is 10.0. The molecule has 0 bridgehead atoms. The summed E-state index contributed by atoms with van der Waals surface area (Å²) in [4.78, 5) is 0. The van der Waals surface area contributed by atoms with Gasteiger partial charge in [-0.05, 0) is 19.1 Å². The zero-order valence-electron chi connectivity index (χ0n) is 7.59. The van der Waals surface area contributed by atoms with Crippen molar-refractivity contribution in [1.82, 2.24) is 0 Å². The Labute approximate surface area is 82.2 Å². The normalized spacial score (nSPS) is 15.5. The number of aliphatic hydroxyl groups is 1. The van der Waals surface area contributed by atoms with Gasteiger partial charge in [-0.25, -0.2) is 4.39 Å². The van der Waals surface area contributed by atoms with E-state index in [-0.39, 0.29) is 11.7 Å². The third-order valence-electron chi connectivity index (χ3n) is 2.18. The summed E-state index contributed by atoms with van der Waals surface area (Å²) < 4.78 is 13.3. The molecule has 0 spiro atoms. The van der Waals surface area contributed by atoms with Crippen LogP contribution in [0.3, 0.4) is 0 Å². The van der Waals surface area contributed by atoms with E-state index in [9.17, 15) is 9.50 Å². The van der Waals surface area contributed by atoms with Gasteiger partial charge in [-0.15, -0.1) is 0 Å². The van der Waals surface area contributed by atoms with E-state index >= 15 is 0 Å². The molecule has 13 heavy (non-hydrogen) atoms. The minimum Gasteiger partial charge on any atom is -0.393 e. The molecule has 0 heterocycles. The number of hydrogen-bond acceptors (Lipinski definition) is 1. The first-order chi connectivity index (χ1) is 6.04. The molecule has 1 aromatic rings. The van der Waals surface area contributed by atoms with E-state index in [2.05, 4.69) is 0 Å². The average Bonchev–Trinajstić information content (AvgIpc) is 2.03. The molecule has 1 N–H and O–H groups in total. The summed E-state index contributed by atoms with van der Waals surface area (Å²) in [6.45, 7) is 3.36. The Kier molecular flexibility index (Phi) is 3.28. The van der Waals surface area contributed by atoms with Crippen molar-refractivity contribution >= 4 is 11.6 Å². The van der Waals surface area contributed by atoms with Gasteiger partial charge in [0.2, 0.25) is 0 Å². The molecule has 2 atom stereocenters. The van der Waals surface area contributed by atoms with Crippen LogP contribution in [0, 0.1) is 5.82 Å². The van der Waals surface area contributed by atoms with Crippen LogP contribution in [0.5, 0.6) is 0 Å². The van der Waals surface area contributed by atoms with Gasteiger partial charge in [0.1, 0.15) is 5.82 Å².